The Morgan fingerprint density at radius 1 is 0.800 bits per heavy atom. The molecule has 0 aromatic heterocycles. The van der Waals surface area contributed by atoms with Crippen LogP contribution < -0.4 is 14.8 Å². The molecule has 0 bridgehead atoms. The van der Waals surface area contributed by atoms with Crippen LogP contribution in [0.25, 0.3) is 0 Å². The van der Waals surface area contributed by atoms with E-state index in [-0.39, 0.29) is 0 Å². The minimum absolute atomic E-state index is 0.570. The lowest BCUT2D eigenvalue weighted by molar-refractivity contribution is 0.306. The largest absolute Gasteiger partial charge is 0.491 e. The van der Waals surface area contributed by atoms with Gasteiger partial charge in [0, 0.05) is 18.3 Å². The molecule has 0 amide bonds. The summed E-state index contributed by atoms with van der Waals surface area (Å²) in [6, 6.07) is 26.2. The van der Waals surface area contributed by atoms with Crippen LogP contribution in [0.15, 0.2) is 78.9 Å². The molecule has 0 saturated heterocycles. The number of aryl methyl sites for hydroxylation is 1. The van der Waals surface area contributed by atoms with E-state index < -0.39 is 0 Å². The third-order valence-corrected chi connectivity index (χ3v) is 3.86. The summed E-state index contributed by atoms with van der Waals surface area (Å²) in [6.45, 7) is 3.97. The van der Waals surface area contributed by atoms with Gasteiger partial charge in [-0.1, -0.05) is 54.6 Å². The SMILES string of the molecule is Cc1ccccc1OCCNc1cccc(OCc2ccccc2)c1. The fourth-order valence-corrected chi connectivity index (χ4v) is 2.51. The number of hydrogen-bond acceptors (Lipinski definition) is 3. The fraction of sp³-hybridized carbons (Fsp3) is 0.182. The smallest absolute Gasteiger partial charge is 0.122 e. The van der Waals surface area contributed by atoms with Crippen LogP contribution in [-0.2, 0) is 6.61 Å². The van der Waals surface area contributed by atoms with Gasteiger partial charge in [-0.15, -0.1) is 0 Å². The minimum atomic E-state index is 0.570. The number of hydrogen-bond donors (Lipinski definition) is 1. The van der Waals surface area contributed by atoms with Gasteiger partial charge in [0.15, 0.2) is 0 Å². The van der Waals surface area contributed by atoms with Crippen molar-refractivity contribution in [2.75, 3.05) is 18.5 Å². The van der Waals surface area contributed by atoms with E-state index in [0.29, 0.717) is 13.2 Å². The Labute approximate surface area is 149 Å². The van der Waals surface area contributed by atoms with E-state index >= 15 is 0 Å². The van der Waals surface area contributed by atoms with Crippen molar-refractivity contribution in [1.29, 1.82) is 0 Å². The molecule has 128 valence electrons. The lowest BCUT2D eigenvalue weighted by atomic mass is 10.2. The van der Waals surface area contributed by atoms with Gasteiger partial charge in [0.25, 0.3) is 0 Å². The van der Waals surface area contributed by atoms with E-state index in [1.54, 1.807) is 0 Å². The molecule has 0 unspecified atom stereocenters. The minimum Gasteiger partial charge on any atom is -0.491 e. The van der Waals surface area contributed by atoms with Gasteiger partial charge in [0.2, 0.25) is 0 Å². The normalized spacial score (nSPS) is 10.3. The monoisotopic (exact) mass is 333 g/mol. The summed E-state index contributed by atoms with van der Waals surface area (Å²) in [6.07, 6.45) is 0. The highest BCUT2D eigenvalue weighted by Crippen LogP contribution is 2.19. The summed E-state index contributed by atoms with van der Waals surface area (Å²) in [7, 11) is 0. The molecule has 0 radical (unpaired) electrons. The molecule has 0 saturated carbocycles. The number of rotatable bonds is 8. The molecule has 3 rings (SSSR count). The Balaban J connectivity index is 1.46. The van der Waals surface area contributed by atoms with Gasteiger partial charge in [-0.05, 0) is 36.2 Å². The maximum Gasteiger partial charge on any atom is 0.122 e. The average Bonchev–Trinajstić information content (AvgIpc) is 2.66. The summed E-state index contributed by atoms with van der Waals surface area (Å²) in [5.74, 6) is 1.79. The molecule has 0 fully saturated rings. The van der Waals surface area contributed by atoms with Crippen LogP contribution >= 0.6 is 0 Å². The average molecular weight is 333 g/mol. The molecular weight excluding hydrogens is 310 g/mol. The van der Waals surface area contributed by atoms with Gasteiger partial charge in [-0.2, -0.15) is 0 Å². The number of benzene rings is 3. The molecule has 1 N–H and O–H groups in total. The maximum atomic E-state index is 5.85. The van der Waals surface area contributed by atoms with Gasteiger partial charge in [0.1, 0.15) is 24.7 Å². The quantitative estimate of drug-likeness (QED) is 0.584. The van der Waals surface area contributed by atoms with E-state index in [0.717, 1.165) is 34.9 Å². The molecule has 0 aliphatic rings. The molecule has 0 aliphatic heterocycles. The second-order valence-electron chi connectivity index (χ2n) is 5.84. The molecule has 0 spiro atoms. The van der Waals surface area contributed by atoms with E-state index in [9.17, 15) is 0 Å². The number of para-hydroxylation sites is 1. The molecular formula is C22H23NO2. The topological polar surface area (TPSA) is 30.5 Å². The Bertz CT molecular complexity index is 787. The maximum absolute atomic E-state index is 5.85. The molecule has 3 nitrogen and oxygen atoms in total. The predicted octanol–water partition coefficient (Wildman–Crippen LogP) is 5.06. The number of nitrogens with one attached hydrogen (secondary N) is 1. The van der Waals surface area contributed by atoms with Crippen LogP contribution in [0.1, 0.15) is 11.1 Å². The first-order chi connectivity index (χ1) is 12.3. The first-order valence-electron chi connectivity index (χ1n) is 8.50. The molecule has 0 heterocycles. The van der Waals surface area contributed by atoms with Crippen LogP contribution in [0.2, 0.25) is 0 Å². The molecule has 0 aliphatic carbocycles. The number of anilines is 1. The zero-order valence-electron chi connectivity index (χ0n) is 14.4. The van der Waals surface area contributed by atoms with E-state index in [1.807, 2.05) is 60.7 Å². The van der Waals surface area contributed by atoms with E-state index in [2.05, 4.69) is 30.4 Å². The summed E-state index contributed by atoms with van der Waals surface area (Å²) in [5, 5.41) is 3.37. The lowest BCUT2D eigenvalue weighted by Crippen LogP contribution is -2.11. The van der Waals surface area contributed by atoms with Crippen LogP contribution in [0.3, 0.4) is 0 Å². The van der Waals surface area contributed by atoms with Crippen LogP contribution in [0.5, 0.6) is 11.5 Å². The van der Waals surface area contributed by atoms with Gasteiger partial charge in [0.05, 0.1) is 0 Å². The molecule has 3 aromatic rings. The van der Waals surface area contributed by atoms with E-state index in [1.165, 1.54) is 0 Å². The fourth-order valence-electron chi connectivity index (χ4n) is 2.51. The summed E-state index contributed by atoms with van der Waals surface area (Å²) >= 11 is 0. The van der Waals surface area contributed by atoms with Crippen LogP contribution in [0.4, 0.5) is 5.69 Å². The lowest BCUT2D eigenvalue weighted by Gasteiger charge is -2.12. The van der Waals surface area contributed by atoms with Gasteiger partial charge in [-0.25, -0.2) is 0 Å². The van der Waals surface area contributed by atoms with Crippen molar-refractivity contribution in [1.82, 2.24) is 0 Å². The Morgan fingerprint density at radius 2 is 1.60 bits per heavy atom. The standard InChI is InChI=1S/C22H23NO2/c1-18-8-5-6-13-22(18)24-15-14-23-20-11-7-12-21(16-20)25-17-19-9-3-2-4-10-19/h2-13,16,23H,14-15,17H2,1H3. The second-order valence-corrected chi connectivity index (χ2v) is 5.84. The summed E-state index contributed by atoms with van der Waals surface area (Å²) in [5.41, 5.74) is 3.34. The first-order valence-corrected chi connectivity index (χ1v) is 8.50. The van der Waals surface area contributed by atoms with Crippen molar-refractivity contribution < 1.29 is 9.47 Å². The molecule has 0 atom stereocenters. The zero-order chi connectivity index (χ0) is 17.3. The Morgan fingerprint density at radius 3 is 2.44 bits per heavy atom. The van der Waals surface area contributed by atoms with Crippen molar-refractivity contribution >= 4 is 5.69 Å². The van der Waals surface area contributed by atoms with Crippen molar-refractivity contribution in [2.45, 2.75) is 13.5 Å². The van der Waals surface area contributed by atoms with Crippen molar-refractivity contribution in [3.63, 3.8) is 0 Å². The summed E-state index contributed by atoms with van der Waals surface area (Å²) in [4.78, 5) is 0. The highest BCUT2D eigenvalue weighted by Gasteiger charge is 2.00. The van der Waals surface area contributed by atoms with Gasteiger partial charge in [-0.3, -0.25) is 0 Å². The Hall–Kier alpha value is -2.94. The Kier molecular flexibility index (Phi) is 5.94. The zero-order valence-corrected chi connectivity index (χ0v) is 14.4. The third kappa shape index (κ3) is 5.28. The van der Waals surface area contributed by atoms with Gasteiger partial charge >= 0.3 is 0 Å². The third-order valence-electron chi connectivity index (χ3n) is 3.86. The highest BCUT2D eigenvalue weighted by atomic mass is 16.5. The van der Waals surface area contributed by atoms with Crippen molar-refractivity contribution in [3.05, 3.63) is 90.0 Å². The van der Waals surface area contributed by atoms with Crippen LogP contribution in [-0.4, -0.2) is 13.2 Å². The van der Waals surface area contributed by atoms with Crippen molar-refractivity contribution in [2.24, 2.45) is 0 Å². The number of ether oxygens (including phenoxy) is 2. The highest BCUT2D eigenvalue weighted by molar-refractivity contribution is 5.48. The summed E-state index contributed by atoms with van der Waals surface area (Å²) < 4.78 is 11.7. The first kappa shape index (κ1) is 16.9. The molecule has 3 aromatic carbocycles. The predicted molar refractivity (Wildman–Crippen MR) is 102 cm³/mol. The molecule has 3 heteroatoms. The van der Waals surface area contributed by atoms with Crippen LogP contribution in [0, 0.1) is 6.92 Å². The van der Waals surface area contributed by atoms with Crippen molar-refractivity contribution in [3.8, 4) is 11.5 Å². The second kappa shape index (κ2) is 8.78. The van der Waals surface area contributed by atoms with E-state index in [4.69, 9.17) is 9.47 Å². The van der Waals surface area contributed by atoms with Gasteiger partial charge < -0.3 is 14.8 Å². The molecule has 25 heavy (non-hydrogen) atoms.